The highest BCUT2D eigenvalue weighted by Crippen LogP contribution is 2.65. The van der Waals surface area contributed by atoms with Crippen molar-refractivity contribution in [3.05, 3.63) is 90.5 Å². The summed E-state index contributed by atoms with van der Waals surface area (Å²) in [6.07, 6.45) is 5.29. The van der Waals surface area contributed by atoms with Gasteiger partial charge in [0.2, 0.25) is 11.8 Å². The van der Waals surface area contributed by atoms with E-state index in [0.29, 0.717) is 49.5 Å². The minimum absolute atomic E-state index is 0.136. The lowest BCUT2D eigenvalue weighted by Crippen LogP contribution is -2.59. The molecular weight excluding hydrogens is 602 g/mol. The van der Waals surface area contributed by atoms with E-state index in [4.69, 9.17) is 16.3 Å². The van der Waals surface area contributed by atoms with Crippen molar-refractivity contribution in [2.45, 2.75) is 76.3 Å². The Hall–Kier alpha value is -3.46. The lowest BCUT2D eigenvalue weighted by Gasteiger charge is -2.40. The molecule has 3 amide bonds. The van der Waals surface area contributed by atoms with Crippen LogP contribution in [0.15, 0.2) is 79.9 Å². The Morgan fingerprint density at radius 2 is 1.74 bits per heavy atom. The number of halogens is 1. The van der Waals surface area contributed by atoms with Gasteiger partial charge in [-0.15, -0.1) is 13.2 Å². The summed E-state index contributed by atoms with van der Waals surface area (Å²) in [4.78, 5) is 49.4. The number of aliphatic hydroxyl groups excluding tert-OH is 1. The summed E-state index contributed by atoms with van der Waals surface area (Å²) in [6, 6.07) is 15.1. The number of hydrogen-bond acceptors (Lipinski definition) is 5. The summed E-state index contributed by atoms with van der Waals surface area (Å²) in [5, 5.41) is 11.1. The van der Waals surface area contributed by atoms with Crippen LogP contribution in [0, 0.1) is 17.8 Å². The highest BCUT2D eigenvalue weighted by molar-refractivity contribution is 6.34. The molecule has 246 valence electrons. The molecule has 9 heteroatoms. The number of anilines is 1. The third-order valence-electron chi connectivity index (χ3n) is 10.1. The topological polar surface area (TPSA) is 90.4 Å². The second-order valence-electron chi connectivity index (χ2n) is 13.2. The van der Waals surface area contributed by atoms with E-state index < -0.39 is 35.1 Å². The number of rotatable bonds is 14. The van der Waals surface area contributed by atoms with Gasteiger partial charge in [-0.3, -0.25) is 14.4 Å². The van der Waals surface area contributed by atoms with Gasteiger partial charge in [-0.05, 0) is 49.3 Å². The summed E-state index contributed by atoms with van der Waals surface area (Å²) in [5.41, 5.74) is -0.691. The van der Waals surface area contributed by atoms with Gasteiger partial charge < -0.3 is 24.5 Å². The van der Waals surface area contributed by atoms with Crippen LogP contribution in [-0.2, 0) is 25.7 Å². The number of para-hydroxylation sites is 1. The van der Waals surface area contributed by atoms with Crippen LogP contribution in [0.2, 0.25) is 5.02 Å². The molecule has 6 atom stereocenters. The number of likely N-dealkylation sites (tertiary alicyclic amines) is 1. The Balaban J connectivity index is 1.64. The molecule has 0 aromatic heterocycles. The summed E-state index contributed by atoms with van der Waals surface area (Å²) in [7, 11) is 0. The Morgan fingerprint density at radius 1 is 1.07 bits per heavy atom. The second kappa shape index (κ2) is 13.7. The standard InChI is InChI=1S/C37H46ClN3O5/c1-6-20-39(23-26-14-10-9-11-15-26)33(43)30-31-34(44)41(27(24-42)22-25(4)5)32(37(31)19-18-36(30,8-3)46-37)35(45)40(21-7-2)29-17-13-12-16-28(29)38/h6-7,9-17,25,27,30-32,42H,1-2,8,18-24H2,3-5H3/t27-,30-,31+,32?,36+,37?/m1/s1. The summed E-state index contributed by atoms with van der Waals surface area (Å²) in [5.74, 6) is -2.41. The van der Waals surface area contributed by atoms with E-state index in [9.17, 15) is 19.5 Å². The number of nitrogens with zero attached hydrogens (tertiary/aromatic N) is 3. The predicted octanol–water partition coefficient (Wildman–Crippen LogP) is 5.64. The van der Waals surface area contributed by atoms with Crippen molar-refractivity contribution in [1.82, 2.24) is 9.80 Å². The molecule has 46 heavy (non-hydrogen) atoms. The van der Waals surface area contributed by atoms with Gasteiger partial charge in [-0.25, -0.2) is 0 Å². The molecule has 2 bridgehead atoms. The molecular formula is C37H46ClN3O5. The van der Waals surface area contributed by atoms with Gasteiger partial charge in [0, 0.05) is 19.6 Å². The average Bonchev–Trinajstić information content (AvgIpc) is 3.66. The van der Waals surface area contributed by atoms with Crippen molar-refractivity contribution in [1.29, 1.82) is 0 Å². The molecule has 8 nitrogen and oxygen atoms in total. The zero-order valence-corrected chi connectivity index (χ0v) is 27.9. The number of carbonyl (C=O) groups is 3. The zero-order chi connectivity index (χ0) is 33.2. The van der Waals surface area contributed by atoms with Gasteiger partial charge in [0.1, 0.15) is 11.6 Å². The molecule has 0 aliphatic carbocycles. The number of hydrogen-bond donors (Lipinski definition) is 1. The van der Waals surface area contributed by atoms with Crippen LogP contribution < -0.4 is 4.90 Å². The largest absolute Gasteiger partial charge is 0.394 e. The van der Waals surface area contributed by atoms with Crippen LogP contribution in [0.5, 0.6) is 0 Å². The molecule has 2 aromatic rings. The lowest BCUT2D eigenvalue weighted by molar-refractivity contribution is -0.154. The van der Waals surface area contributed by atoms with E-state index in [1.807, 2.05) is 51.1 Å². The Bertz CT molecular complexity index is 1470. The van der Waals surface area contributed by atoms with E-state index in [-0.39, 0.29) is 36.8 Å². The summed E-state index contributed by atoms with van der Waals surface area (Å²) < 4.78 is 7.04. The first-order chi connectivity index (χ1) is 22.1. The van der Waals surface area contributed by atoms with Crippen LogP contribution in [0.4, 0.5) is 5.69 Å². The normalized spacial score (nSPS) is 27.0. The molecule has 3 aliphatic heterocycles. The molecule has 1 spiro atoms. The van der Waals surface area contributed by atoms with Gasteiger partial charge in [-0.2, -0.15) is 0 Å². The maximum Gasteiger partial charge on any atom is 0.253 e. The van der Waals surface area contributed by atoms with Crippen LogP contribution >= 0.6 is 11.6 Å². The molecule has 3 fully saturated rings. The van der Waals surface area contributed by atoms with Gasteiger partial charge >= 0.3 is 0 Å². The molecule has 1 N–H and O–H groups in total. The quantitative estimate of drug-likeness (QED) is 0.268. The maximum atomic E-state index is 15.0. The van der Waals surface area contributed by atoms with Crippen molar-refractivity contribution >= 4 is 35.0 Å². The maximum absolute atomic E-state index is 15.0. The number of fused-ring (bicyclic) bond motifs is 1. The van der Waals surface area contributed by atoms with Crippen molar-refractivity contribution in [3.8, 4) is 0 Å². The fraction of sp³-hybridized carbons (Fsp3) is 0.486. The van der Waals surface area contributed by atoms with Crippen molar-refractivity contribution < 1.29 is 24.2 Å². The number of aliphatic hydroxyl groups is 1. The van der Waals surface area contributed by atoms with Gasteiger partial charge in [0.05, 0.1) is 40.8 Å². The number of ether oxygens (including phenoxy) is 1. The van der Waals surface area contributed by atoms with Crippen LogP contribution in [0.3, 0.4) is 0 Å². The highest BCUT2D eigenvalue weighted by atomic mass is 35.5. The minimum Gasteiger partial charge on any atom is -0.394 e. The van der Waals surface area contributed by atoms with E-state index >= 15 is 0 Å². The SMILES string of the molecule is C=CCN(Cc1ccccc1)C(=O)[C@H]1[C@H]2C(=O)N([C@@H](CO)CC(C)C)C(C(=O)N(CC=C)c3ccccc3Cl)C23CC[C@]1(CC)O3. The first kappa shape index (κ1) is 33.9. The van der Waals surface area contributed by atoms with Gasteiger partial charge in [0.25, 0.3) is 5.91 Å². The van der Waals surface area contributed by atoms with Gasteiger partial charge in [-0.1, -0.05) is 87.0 Å². The molecule has 3 aliphatic rings. The molecule has 5 rings (SSSR count). The third-order valence-corrected chi connectivity index (χ3v) is 10.4. The molecule has 3 saturated heterocycles. The zero-order valence-electron chi connectivity index (χ0n) is 27.1. The molecule has 2 aromatic carbocycles. The van der Waals surface area contributed by atoms with Crippen LogP contribution in [0.1, 0.15) is 52.0 Å². The monoisotopic (exact) mass is 647 g/mol. The molecule has 0 radical (unpaired) electrons. The number of amides is 3. The predicted molar refractivity (Wildman–Crippen MR) is 180 cm³/mol. The smallest absolute Gasteiger partial charge is 0.253 e. The molecule has 3 heterocycles. The number of benzene rings is 2. The second-order valence-corrected chi connectivity index (χ2v) is 13.6. The van der Waals surface area contributed by atoms with Crippen molar-refractivity contribution in [2.75, 3.05) is 24.6 Å². The van der Waals surface area contributed by atoms with Gasteiger partial charge in [0.15, 0.2) is 0 Å². The Kier molecular flexibility index (Phi) is 10.1. The van der Waals surface area contributed by atoms with E-state index in [1.54, 1.807) is 51.1 Å². The molecule has 2 unspecified atom stereocenters. The van der Waals surface area contributed by atoms with E-state index in [2.05, 4.69) is 13.2 Å². The summed E-state index contributed by atoms with van der Waals surface area (Å²) in [6.45, 7) is 14.3. The first-order valence-electron chi connectivity index (χ1n) is 16.3. The third kappa shape index (κ3) is 5.69. The minimum atomic E-state index is -1.25. The average molecular weight is 648 g/mol. The fourth-order valence-electron chi connectivity index (χ4n) is 8.17. The van der Waals surface area contributed by atoms with Crippen LogP contribution in [-0.4, -0.2) is 75.6 Å². The van der Waals surface area contributed by atoms with Crippen molar-refractivity contribution in [3.63, 3.8) is 0 Å². The highest BCUT2D eigenvalue weighted by Gasteiger charge is 2.79. The summed E-state index contributed by atoms with van der Waals surface area (Å²) >= 11 is 6.62. The van der Waals surface area contributed by atoms with E-state index in [0.717, 1.165) is 5.56 Å². The lowest BCUT2D eigenvalue weighted by atomic mass is 9.64. The molecule has 0 saturated carbocycles. The Morgan fingerprint density at radius 3 is 2.35 bits per heavy atom. The van der Waals surface area contributed by atoms with E-state index in [1.165, 1.54) is 0 Å². The fourth-order valence-corrected chi connectivity index (χ4v) is 8.41. The van der Waals surface area contributed by atoms with Crippen LogP contribution in [0.25, 0.3) is 0 Å². The Labute approximate surface area is 277 Å². The van der Waals surface area contributed by atoms with Crippen molar-refractivity contribution in [2.24, 2.45) is 17.8 Å². The first-order valence-corrected chi connectivity index (χ1v) is 16.7. The number of carbonyl (C=O) groups excluding carboxylic acids is 3.